The Bertz CT molecular complexity index is 1050. The number of halogens is 1. The number of nitrogens with two attached hydrogens (primary N) is 1. The van der Waals surface area contributed by atoms with Crippen molar-refractivity contribution in [1.82, 2.24) is 5.32 Å². The maximum atomic E-state index is 12.4. The third-order valence-electron chi connectivity index (χ3n) is 5.75. The lowest BCUT2D eigenvalue weighted by molar-refractivity contribution is -0.119. The first-order valence-electron chi connectivity index (χ1n) is 9.82. The van der Waals surface area contributed by atoms with E-state index >= 15 is 0 Å². The molecular weight excluding hydrogens is 426 g/mol. The van der Waals surface area contributed by atoms with Gasteiger partial charge in [-0.1, -0.05) is 35.9 Å². The monoisotopic (exact) mass is 449 g/mol. The van der Waals surface area contributed by atoms with E-state index in [1.54, 1.807) is 36.4 Å². The van der Waals surface area contributed by atoms with E-state index in [9.17, 15) is 13.2 Å². The lowest BCUT2D eigenvalue weighted by Gasteiger charge is -2.49. The van der Waals surface area contributed by atoms with E-state index in [0.717, 1.165) is 19.5 Å². The summed E-state index contributed by atoms with van der Waals surface area (Å²) in [6.07, 6.45) is 1.37. The Balaban J connectivity index is 1.46. The molecule has 0 spiro atoms. The van der Waals surface area contributed by atoms with Gasteiger partial charge in [0.05, 0.1) is 24.0 Å². The van der Waals surface area contributed by atoms with Crippen LogP contribution in [-0.4, -0.2) is 33.5 Å². The van der Waals surface area contributed by atoms with Crippen LogP contribution >= 0.6 is 11.6 Å². The van der Waals surface area contributed by atoms with Crippen molar-refractivity contribution in [3.05, 3.63) is 58.6 Å². The van der Waals surface area contributed by atoms with Gasteiger partial charge in [-0.3, -0.25) is 4.79 Å². The van der Waals surface area contributed by atoms with Gasteiger partial charge in [0.25, 0.3) is 0 Å². The van der Waals surface area contributed by atoms with Gasteiger partial charge in [0.1, 0.15) is 0 Å². The quantitative estimate of drug-likeness (QED) is 0.600. The first kappa shape index (κ1) is 21.3. The van der Waals surface area contributed by atoms with Gasteiger partial charge < -0.3 is 15.4 Å². The Morgan fingerprint density at radius 3 is 2.57 bits per heavy atom. The number of sulfonamides is 1. The van der Waals surface area contributed by atoms with Crippen molar-refractivity contribution >= 4 is 33.2 Å². The molecule has 1 amide bonds. The van der Waals surface area contributed by atoms with Crippen molar-refractivity contribution in [2.75, 3.05) is 18.4 Å². The van der Waals surface area contributed by atoms with E-state index < -0.39 is 10.0 Å². The summed E-state index contributed by atoms with van der Waals surface area (Å²) in [5, 5.41) is 12.0. The molecule has 0 aromatic heterocycles. The summed E-state index contributed by atoms with van der Waals surface area (Å²) in [5.74, 6) is 0.650. The minimum Gasteiger partial charge on any atom is -0.373 e. The fourth-order valence-electron chi connectivity index (χ4n) is 4.19. The second-order valence-electron chi connectivity index (χ2n) is 7.87. The van der Waals surface area contributed by atoms with Gasteiger partial charge >= 0.3 is 0 Å². The average molecular weight is 450 g/mol. The first-order chi connectivity index (χ1) is 14.3. The molecule has 7 nitrogen and oxygen atoms in total. The molecule has 2 unspecified atom stereocenters. The van der Waals surface area contributed by atoms with Gasteiger partial charge in [-0.2, -0.15) is 0 Å². The molecule has 30 heavy (non-hydrogen) atoms. The highest BCUT2D eigenvalue weighted by Crippen LogP contribution is 2.39. The Morgan fingerprint density at radius 2 is 1.90 bits per heavy atom. The molecule has 4 N–H and O–H groups in total. The van der Waals surface area contributed by atoms with Crippen LogP contribution in [-0.2, 0) is 32.6 Å². The van der Waals surface area contributed by atoms with E-state index in [2.05, 4.69) is 10.6 Å². The van der Waals surface area contributed by atoms with Crippen molar-refractivity contribution in [2.45, 2.75) is 30.4 Å². The number of anilines is 1. The highest BCUT2D eigenvalue weighted by atomic mass is 35.5. The van der Waals surface area contributed by atoms with Gasteiger partial charge in [-0.25, -0.2) is 13.6 Å². The summed E-state index contributed by atoms with van der Waals surface area (Å²) < 4.78 is 30.3. The lowest BCUT2D eigenvalue weighted by Crippen LogP contribution is -2.57. The van der Waals surface area contributed by atoms with Crippen molar-refractivity contribution in [1.29, 1.82) is 0 Å². The SMILES string of the molecule is NS(=O)(=O)c1cc(NC(=O)Cc2ccccc2Cl)ccc1COC1C2CNCC1C2. The van der Waals surface area contributed by atoms with Crippen molar-refractivity contribution < 1.29 is 17.9 Å². The third kappa shape index (κ3) is 4.68. The van der Waals surface area contributed by atoms with Crippen molar-refractivity contribution in [3.63, 3.8) is 0 Å². The third-order valence-corrected chi connectivity index (χ3v) is 7.11. The lowest BCUT2D eigenvalue weighted by atomic mass is 9.69. The number of ether oxygens (including phenoxy) is 1. The Hall–Kier alpha value is -1.97. The molecule has 2 aliphatic rings. The van der Waals surface area contributed by atoms with Crippen LogP contribution in [0.1, 0.15) is 17.5 Å². The smallest absolute Gasteiger partial charge is 0.238 e. The van der Waals surface area contributed by atoms with Crippen LogP contribution < -0.4 is 15.8 Å². The van der Waals surface area contributed by atoms with Gasteiger partial charge in [0.2, 0.25) is 15.9 Å². The number of benzene rings is 2. The van der Waals surface area contributed by atoms with E-state index in [-0.39, 0.29) is 29.9 Å². The number of nitrogens with one attached hydrogen (secondary N) is 2. The molecule has 4 rings (SSSR count). The zero-order valence-corrected chi connectivity index (χ0v) is 17.9. The molecule has 1 heterocycles. The van der Waals surface area contributed by atoms with Crippen LogP contribution in [0.2, 0.25) is 5.02 Å². The Morgan fingerprint density at radius 1 is 1.17 bits per heavy atom. The molecule has 1 aliphatic carbocycles. The standard InChI is InChI=1S/C21H24ClN3O4S/c22-18-4-2-1-3-13(18)8-20(26)25-17-6-5-14(19(9-17)30(23,27)28)12-29-21-15-7-16(21)11-24-10-15/h1-6,9,15-16,21,24H,7-8,10-12H2,(H,25,26)(H2,23,27,28). The number of fused-ring (bicyclic) bond motifs is 2. The number of hydrogen-bond acceptors (Lipinski definition) is 5. The summed E-state index contributed by atoms with van der Waals surface area (Å²) in [7, 11) is -3.98. The van der Waals surface area contributed by atoms with Gasteiger partial charge in [-0.05, 0) is 47.6 Å². The molecule has 1 saturated carbocycles. The minimum absolute atomic E-state index is 0.0411. The van der Waals surface area contributed by atoms with E-state index in [1.165, 1.54) is 6.07 Å². The zero-order chi connectivity index (χ0) is 21.3. The number of rotatable bonds is 7. The summed E-state index contributed by atoms with van der Waals surface area (Å²) in [5.41, 5.74) is 1.53. The van der Waals surface area contributed by atoms with E-state index in [4.69, 9.17) is 21.5 Å². The fraction of sp³-hybridized carbons (Fsp3) is 0.381. The van der Waals surface area contributed by atoms with Crippen LogP contribution in [0, 0.1) is 11.8 Å². The maximum absolute atomic E-state index is 12.4. The number of primary sulfonamides is 1. The van der Waals surface area contributed by atoms with Crippen LogP contribution in [0.5, 0.6) is 0 Å². The molecule has 2 aromatic carbocycles. The molecule has 2 fully saturated rings. The molecule has 1 saturated heterocycles. The largest absolute Gasteiger partial charge is 0.373 e. The topological polar surface area (TPSA) is 111 Å². The normalized spacial score (nSPS) is 22.9. The molecule has 0 radical (unpaired) electrons. The molecule has 2 aromatic rings. The second-order valence-corrected chi connectivity index (χ2v) is 9.81. The summed E-state index contributed by atoms with van der Waals surface area (Å²) in [6, 6.07) is 11.7. The first-order valence-corrected chi connectivity index (χ1v) is 11.7. The van der Waals surface area contributed by atoms with Gasteiger partial charge in [-0.15, -0.1) is 0 Å². The van der Waals surface area contributed by atoms with Crippen molar-refractivity contribution in [3.8, 4) is 0 Å². The maximum Gasteiger partial charge on any atom is 0.238 e. The number of hydrogen-bond donors (Lipinski definition) is 3. The number of piperidine rings is 2. The van der Waals surface area contributed by atoms with E-state index in [1.807, 2.05) is 0 Å². The highest BCUT2D eigenvalue weighted by Gasteiger charge is 2.44. The summed E-state index contributed by atoms with van der Waals surface area (Å²) >= 11 is 6.10. The number of carbonyl (C=O) groups excluding carboxylic acids is 1. The zero-order valence-electron chi connectivity index (χ0n) is 16.3. The minimum atomic E-state index is -3.98. The Kier molecular flexibility index (Phi) is 6.13. The molecule has 2 bridgehead atoms. The highest BCUT2D eigenvalue weighted by molar-refractivity contribution is 7.89. The molecule has 9 heteroatoms. The molecular formula is C21H24ClN3O4S. The van der Waals surface area contributed by atoms with Gasteiger partial charge in [0.15, 0.2) is 0 Å². The van der Waals surface area contributed by atoms with E-state index in [0.29, 0.717) is 33.7 Å². The van der Waals surface area contributed by atoms with Gasteiger partial charge in [0, 0.05) is 23.8 Å². The van der Waals surface area contributed by atoms with Crippen LogP contribution in [0.4, 0.5) is 5.69 Å². The van der Waals surface area contributed by atoms with Crippen LogP contribution in [0.25, 0.3) is 0 Å². The number of carbonyl (C=O) groups is 1. The predicted molar refractivity (Wildman–Crippen MR) is 115 cm³/mol. The molecule has 160 valence electrons. The number of amides is 1. The summed E-state index contributed by atoms with van der Waals surface area (Å²) in [4.78, 5) is 12.3. The predicted octanol–water partition coefficient (Wildman–Crippen LogP) is 2.29. The average Bonchev–Trinajstić information content (AvgIpc) is 2.70. The van der Waals surface area contributed by atoms with Crippen LogP contribution in [0.3, 0.4) is 0 Å². The molecule has 1 aliphatic heterocycles. The van der Waals surface area contributed by atoms with Crippen LogP contribution in [0.15, 0.2) is 47.4 Å². The Labute approximate surface area is 181 Å². The fourth-order valence-corrected chi connectivity index (χ4v) is 5.18. The molecule has 2 atom stereocenters. The second kappa shape index (κ2) is 8.64. The van der Waals surface area contributed by atoms with Crippen molar-refractivity contribution in [2.24, 2.45) is 17.0 Å². The summed E-state index contributed by atoms with van der Waals surface area (Å²) in [6.45, 7) is 2.02.